The van der Waals surface area contributed by atoms with Crippen molar-refractivity contribution in [1.82, 2.24) is 0 Å². The van der Waals surface area contributed by atoms with E-state index in [0.717, 1.165) is 12.0 Å². The van der Waals surface area contributed by atoms with E-state index < -0.39 is 18.2 Å². The third-order valence-corrected chi connectivity index (χ3v) is 5.42. The van der Waals surface area contributed by atoms with E-state index in [1.165, 1.54) is 30.3 Å². The quantitative estimate of drug-likeness (QED) is 0.264. The van der Waals surface area contributed by atoms with Crippen molar-refractivity contribution in [3.05, 3.63) is 77.4 Å². The van der Waals surface area contributed by atoms with Crippen LogP contribution in [0.15, 0.2) is 60.7 Å². The Morgan fingerprint density at radius 1 is 0.969 bits per heavy atom. The van der Waals surface area contributed by atoms with Crippen LogP contribution in [0.3, 0.4) is 0 Å². The van der Waals surface area contributed by atoms with Crippen molar-refractivity contribution in [3.8, 4) is 28.7 Å². The number of carbonyl (C=O) groups excluding carboxylic acids is 1. The fraction of sp³-hybridized carbons (Fsp3) is 0.240. The smallest absolute Gasteiger partial charge is 0.311 e. The molecule has 2 atom stereocenters. The molecule has 3 aromatic rings. The van der Waals surface area contributed by atoms with Crippen LogP contribution in [0.2, 0.25) is 0 Å². The number of hydrogen-bond acceptors (Lipinski definition) is 7. The van der Waals surface area contributed by atoms with E-state index in [9.17, 15) is 25.2 Å². The minimum Gasteiger partial charge on any atom is -0.507 e. The van der Waals surface area contributed by atoms with Crippen LogP contribution in [0.1, 0.15) is 35.6 Å². The predicted octanol–water partition coefficient (Wildman–Crippen LogP) is 3.77. The van der Waals surface area contributed by atoms with Gasteiger partial charge in [-0.1, -0.05) is 36.4 Å². The molecule has 4 N–H and O–H groups in total. The first-order valence-corrected chi connectivity index (χ1v) is 10.4. The van der Waals surface area contributed by atoms with Crippen molar-refractivity contribution >= 4 is 5.97 Å². The number of phenols is 3. The van der Waals surface area contributed by atoms with Crippen LogP contribution in [-0.4, -0.2) is 32.5 Å². The molecule has 4 rings (SSSR count). The van der Waals surface area contributed by atoms with Gasteiger partial charge in [-0.25, -0.2) is 0 Å². The number of benzene rings is 3. The van der Waals surface area contributed by atoms with Gasteiger partial charge in [0.2, 0.25) is 0 Å². The molecule has 1 heterocycles. The molecule has 7 heteroatoms. The third kappa shape index (κ3) is 4.78. The average molecular weight is 436 g/mol. The fourth-order valence-electron chi connectivity index (χ4n) is 3.78. The molecule has 0 radical (unpaired) electrons. The molecule has 0 amide bonds. The van der Waals surface area contributed by atoms with Gasteiger partial charge in [0.15, 0.2) is 11.5 Å². The lowest BCUT2D eigenvalue weighted by molar-refractivity contribution is -0.134. The lowest BCUT2D eigenvalue weighted by atomic mass is 9.94. The van der Waals surface area contributed by atoms with Crippen LogP contribution >= 0.6 is 0 Å². The van der Waals surface area contributed by atoms with Gasteiger partial charge < -0.3 is 29.9 Å². The number of aliphatic hydroxyl groups is 1. The molecule has 7 nitrogen and oxygen atoms in total. The topological polar surface area (TPSA) is 116 Å². The van der Waals surface area contributed by atoms with Crippen LogP contribution in [0, 0.1) is 0 Å². The van der Waals surface area contributed by atoms with Crippen molar-refractivity contribution in [2.24, 2.45) is 0 Å². The summed E-state index contributed by atoms with van der Waals surface area (Å²) in [5.74, 6) is -0.741. The zero-order valence-corrected chi connectivity index (χ0v) is 17.3. The monoisotopic (exact) mass is 436 g/mol. The minimum atomic E-state index is -0.983. The van der Waals surface area contributed by atoms with E-state index in [2.05, 4.69) is 0 Å². The Balaban J connectivity index is 1.44. The van der Waals surface area contributed by atoms with Crippen molar-refractivity contribution < 1.29 is 34.7 Å². The highest BCUT2D eigenvalue weighted by Gasteiger charge is 2.32. The van der Waals surface area contributed by atoms with Crippen LogP contribution in [0.5, 0.6) is 28.7 Å². The normalized spacial score (nSPS) is 17.3. The number of fused-ring (bicyclic) bond motifs is 1. The summed E-state index contributed by atoms with van der Waals surface area (Å²) in [6, 6.07) is 16.8. The van der Waals surface area contributed by atoms with E-state index in [0.29, 0.717) is 17.5 Å². The molecule has 2 unspecified atom stereocenters. The lowest BCUT2D eigenvalue weighted by Crippen LogP contribution is -2.30. The average Bonchev–Trinajstić information content (AvgIpc) is 2.77. The Morgan fingerprint density at radius 2 is 1.75 bits per heavy atom. The van der Waals surface area contributed by atoms with Crippen LogP contribution in [0.4, 0.5) is 0 Å². The van der Waals surface area contributed by atoms with Gasteiger partial charge in [-0.05, 0) is 36.1 Å². The highest BCUT2D eigenvalue weighted by molar-refractivity contribution is 5.73. The van der Waals surface area contributed by atoms with Crippen LogP contribution in [-0.2, 0) is 17.6 Å². The van der Waals surface area contributed by atoms with Crippen molar-refractivity contribution in [1.29, 1.82) is 0 Å². The van der Waals surface area contributed by atoms with Gasteiger partial charge >= 0.3 is 5.97 Å². The molecule has 1 aliphatic rings. The van der Waals surface area contributed by atoms with Gasteiger partial charge in [0.1, 0.15) is 23.4 Å². The summed E-state index contributed by atoms with van der Waals surface area (Å²) in [5.41, 5.74) is 2.01. The maximum atomic E-state index is 12.3. The zero-order valence-electron chi connectivity index (χ0n) is 17.3. The van der Waals surface area contributed by atoms with Gasteiger partial charge in [-0.3, -0.25) is 4.79 Å². The zero-order chi connectivity index (χ0) is 22.7. The number of aliphatic hydroxyl groups excluding tert-OH is 1. The standard InChI is InChI=1S/C25H24O7/c26-19-10-9-16(11-21(19)28)25-22(29)14-18-20(27)12-17(13-23(18)32-25)31-24(30)8-4-7-15-5-2-1-3-6-15/h1-3,5-6,9-13,22,25-29H,4,7-8,14H2. The molecule has 0 spiro atoms. The molecule has 0 fully saturated rings. The van der Waals surface area contributed by atoms with Crippen LogP contribution in [0.25, 0.3) is 0 Å². The second-order valence-corrected chi connectivity index (χ2v) is 7.79. The summed E-state index contributed by atoms with van der Waals surface area (Å²) >= 11 is 0. The molecular formula is C25H24O7. The fourth-order valence-corrected chi connectivity index (χ4v) is 3.78. The number of phenolic OH excluding ortho intramolecular Hbond substituents is 3. The molecule has 166 valence electrons. The second-order valence-electron chi connectivity index (χ2n) is 7.79. The first-order valence-electron chi connectivity index (χ1n) is 10.4. The van der Waals surface area contributed by atoms with Crippen molar-refractivity contribution in [2.45, 2.75) is 37.9 Å². The number of hydrogen-bond donors (Lipinski definition) is 4. The summed E-state index contributed by atoms with van der Waals surface area (Å²) in [6.07, 6.45) is -0.0860. The Labute approximate surface area is 185 Å². The highest BCUT2D eigenvalue weighted by atomic mass is 16.5. The number of esters is 1. The van der Waals surface area contributed by atoms with E-state index in [-0.39, 0.29) is 41.6 Å². The number of rotatable bonds is 6. The first kappa shape index (κ1) is 21.5. The van der Waals surface area contributed by atoms with E-state index in [4.69, 9.17) is 9.47 Å². The summed E-state index contributed by atoms with van der Waals surface area (Å²) in [7, 11) is 0. The summed E-state index contributed by atoms with van der Waals surface area (Å²) < 4.78 is 11.3. The SMILES string of the molecule is O=C(CCCc1ccccc1)Oc1cc(O)c2c(c1)OC(c1ccc(O)c(O)c1)C(O)C2. The third-order valence-electron chi connectivity index (χ3n) is 5.42. The molecule has 0 aliphatic carbocycles. The molecular weight excluding hydrogens is 412 g/mol. The number of ether oxygens (including phenoxy) is 2. The molecule has 0 saturated heterocycles. The summed E-state index contributed by atoms with van der Waals surface area (Å²) in [6.45, 7) is 0. The van der Waals surface area contributed by atoms with E-state index in [1.54, 1.807) is 0 Å². The molecule has 32 heavy (non-hydrogen) atoms. The van der Waals surface area contributed by atoms with E-state index >= 15 is 0 Å². The Bertz CT molecular complexity index is 1110. The minimum absolute atomic E-state index is 0.110. The van der Waals surface area contributed by atoms with Gasteiger partial charge in [0.05, 0.1) is 6.10 Å². The van der Waals surface area contributed by atoms with Crippen molar-refractivity contribution in [3.63, 3.8) is 0 Å². The maximum Gasteiger partial charge on any atom is 0.311 e. The van der Waals surface area contributed by atoms with Crippen molar-refractivity contribution in [2.75, 3.05) is 0 Å². The van der Waals surface area contributed by atoms with Gasteiger partial charge in [-0.15, -0.1) is 0 Å². The Morgan fingerprint density at radius 3 is 2.50 bits per heavy atom. The molecule has 3 aromatic carbocycles. The lowest BCUT2D eigenvalue weighted by Gasteiger charge is -2.31. The molecule has 0 aromatic heterocycles. The molecule has 0 bridgehead atoms. The van der Waals surface area contributed by atoms with Gasteiger partial charge in [0, 0.05) is 30.5 Å². The highest BCUT2D eigenvalue weighted by Crippen LogP contribution is 2.43. The van der Waals surface area contributed by atoms with E-state index in [1.807, 2.05) is 30.3 Å². The second kappa shape index (κ2) is 9.20. The number of carbonyl (C=O) groups is 1. The van der Waals surface area contributed by atoms with Gasteiger partial charge in [-0.2, -0.15) is 0 Å². The predicted molar refractivity (Wildman–Crippen MR) is 116 cm³/mol. The summed E-state index contributed by atoms with van der Waals surface area (Å²) in [4.78, 5) is 12.3. The number of aryl methyl sites for hydroxylation is 1. The maximum absolute atomic E-state index is 12.3. The first-order chi connectivity index (χ1) is 15.4. The number of aromatic hydroxyl groups is 3. The van der Waals surface area contributed by atoms with Crippen LogP contribution < -0.4 is 9.47 Å². The Hall–Kier alpha value is -3.71. The molecule has 1 aliphatic heterocycles. The Kier molecular flexibility index (Phi) is 6.18. The summed E-state index contributed by atoms with van der Waals surface area (Å²) in [5, 5.41) is 40.1. The van der Waals surface area contributed by atoms with Gasteiger partial charge in [0.25, 0.3) is 0 Å². The largest absolute Gasteiger partial charge is 0.507 e. The molecule has 0 saturated carbocycles.